The highest BCUT2D eigenvalue weighted by Gasteiger charge is 2.34. The highest BCUT2D eigenvalue weighted by molar-refractivity contribution is 5.53. The molecule has 130 valence electrons. The Morgan fingerprint density at radius 3 is 2.68 bits per heavy atom. The van der Waals surface area contributed by atoms with E-state index in [1.807, 2.05) is 0 Å². The van der Waals surface area contributed by atoms with Crippen LogP contribution in [0.25, 0.3) is 11.5 Å². The van der Waals surface area contributed by atoms with Gasteiger partial charge in [0.25, 0.3) is 5.56 Å². The van der Waals surface area contributed by atoms with Crippen molar-refractivity contribution in [3.8, 4) is 11.5 Å². The number of aliphatic hydroxyl groups excluding tert-OH is 1. The highest BCUT2D eigenvalue weighted by Crippen LogP contribution is 2.31. The second-order valence-electron chi connectivity index (χ2n) is 5.00. The Morgan fingerprint density at radius 1 is 1.16 bits per heavy atom. The molecular formula is C15H11F3N4O3. The molecule has 0 fully saturated rings. The summed E-state index contributed by atoms with van der Waals surface area (Å²) in [6.45, 7) is -0.879. The topological polar surface area (TPSA) is 94.0 Å². The summed E-state index contributed by atoms with van der Waals surface area (Å²) in [5.41, 5.74) is -1.52. The van der Waals surface area contributed by atoms with Crippen LogP contribution in [0.5, 0.6) is 0 Å². The van der Waals surface area contributed by atoms with Crippen LogP contribution in [-0.2, 0) is 19.3 Å². The second-order valence-corrected chi connectivity index (χ2v) is 5.00. The van der Waals surface area contributed by atoms with Crippen LogP contribution in [0.1, 0.15) is 17.0 Å². The lowest BCUT2D eigenvalue weighted by Crippen LogP contribution is -2.25. The molecule has 0 amide bonds. The van der Waals surface area contributed by atoms with Gasteiger partial charge in [0.2, 0.25) is 0 Å². The van der Waals surface area contributed by atoms with Gasteiger partial charge in [-0.05, 0) is 18.2 Å². The standard InChI is InChI=1S/C15H11F3N4O3/c16-15(17,18)9-2-1-5-19-11(9)6-22-13(24)4-3-10(21-22)14-12(7-23)20-8-25-14/h1-5,8,23H,6-7H2. The van der Waals surface area contributed by atoms with Gasteiger partial charge in [0, 0.05) is 12.3 Å². The van der Waals surface area contributed by atoms with Gasteiger partial charge in [-0.2, -0.15) is 18.3 Å². The van der Waals surface area contributed by atoms with Crippen LogP contribution in [0.15, 0.2) is 46.1 Å². The quantitative estimate of drug-likeness (QED) is 0.770. The molecule has 0 aliphatic carbocycles. The molecule has 0 saturated heterocycles. The highest BCUT2D eigenvalue weighted by atomic mass is 19.4. The molecule has 0 radical (unpaired) electrons. The van der Waals surface area contributed by atoms with E-state index in [1.165, 1.54) is 18.3 Å². The van der Waals surface area contributed by atoms with Crippen molar-refractivity contribution < 1.29 is 22.7 Å². The second kappa shape index (κ2) is 6.48. The summed E-state index contributed by atoms with van der Waals surface area (Å²) < 4.78 is 45.1. The first kappa shape index (κ1) is 16.8. The number of alkyl halides is 3. The molecule has 3 heterocycles. The fourth-order valence-corrected chi connectivity index (χ4v) is 2.24. The first-order valence-electron chi connectivity index (χ1n) is 7.03. The molecule has 3 rings (SSSR count). The number of hydrogen-bond acceptors (Lipinski definition) is 6. The number of aliphatic hydroxyl groups is 1. The van der Waals surface area contributed by atoms with E-state index in [1.54, 1.807) is 0 Å². The van der Waals surface area contributed by atoms with Crippen molar-refractivity contribution in [1.82, 2.24) is 19.7 Å². The number of nitrogens with zero attached hydrogens (tertiary/aromatic N) is 4. The smallest absolute Gasteiger partial charge is 0.418 e. The number of rotatable bonds is 4. The molecule has 0 saturated carbocycles. The zero-order valence-electron chi connectivity index (χ0n) is 12.6. The van der Waals surface area contributed by atoms with Crippen molar-refractivity contribution in [3.05, 3.63) is 64.2 Å². The molecule has 0 bridgehead atoms. The molecule has 3 aromatic heterocycles. The van der Waals surface area contributed by atoms with E-state index in [9.17, 15) is 23.1 Å². The predicted molar refractivity (Wildman–Crippen MR) is 78.3 cm³/mol. The Labute approximate surface area is 138 Å². The average molecular weight is 352 g/mol. The Bertz CT molecular complexity index is 949. The summed E-state index contributed by atoms with van der Waals surface area (Å²) in [7, 11) is 0. The van der Waals surface area contributed by atoms with Gasteiger partial charge >= 0.3 is 6.18 Å². The minimum absolute atomic E-state index is 0.133. The van der Waals surface area contributed by atoms with Crippen molar-refractivity contribution in [2.24, 2.45) is 0 Å². The summed E-state index contributed by atoms with van der Waals surface area (Å²) >= 11 is 0. The molecule has 0 aromatic carbocycles. The van der Waals surface area contributed by atoms with Crippen LogP contribution in [-0.4, -0.2) is 24.9 Å². The zero-order valence-corrected chi connectivity index (χ0v) is 12.6. The van der Waals surface area contributed by atoms with Crippen LogP contribution in [0.2, 0.25) is 0 Å². The normalized spacial score (nSPS) is 11.7. The summed E-state index contributed by atoms with van der Waals surface area (Å²) in [6.07, 6.45) is -2.29. The maximum atomic E-state index is 13.1. The van der Waals surface area contributed by atoms with E-state index in [4.69, 9.17) is 4.42 Å². The Morgan fingerprint density at radius 2 is 1.96 bits per heavy atom. The van der Waals surface area contributed by atoms with Crippen molar-refractivity contribution in [2.45, 2.75) is 19.3 Å². The van der Waals surface area contributed by atoms with E-state index in [-0.39, 0.29) is 22.8 Å². The van der Waals surface area contributed by atoms with Gasteiger partial charge in [-0.25, -0.2) is 9.67 Å². The fraction of sp³-hybridized carbons (Fsp3) is 0.200. The third-order valence-electron chi connectivity index (χ3n) is 3.39. The van der Waals surface area contributed by atoms with Crippen LogP contribution < -0.4 is 5.56 Å². The van der Waals surface area contributed by atoms with Gasteiger partial charge < -0.3 is 9.52 Å². The van der Waals surface area contributed by atoms with E-state index in [0.717, 1.165) is 23.2 Å². The van der Waals surface area contributed by atoms with Gasteiger partial charge in [-0.1, -0.05) is 0 Å². The minimum atomic E-state index is -4.60. The Kier molecular flexibility index (Phi) is 4.36. The molecule has 0 unspecified atom stereocenters. The summed E-state index contributed by atoms with van der Waals surface area (Å²) in [4.78, 5) is 19.5. The number of aromatic nitrogens is 4. The van der Waals surface area contributed by atoms with Crippen molar-refractivity contribution in [3.63, 3.8) is 0 Å². The first-order valence-corrected chi connectivity index (χ1v) is 7.03. The number of oxazole rings is 1. The minimum Gasteiger partial charge on any atom is -0.441 e. The number of halogens is 3. The van der Waals surface area contributed by atoms with Gasteiger partial charge in [-0.15, -0.1) is 0 Å². The average Bonchev–Trinajstić information content (AvgIpc) is 3.05. The molecule has 25 heavy (non-hydrogen) atoms. The lowest BCUT2D eigenvalue weighted by Gasteiger charge is -2.12. The maximum absolute atomic E-state index is 13.1. The molecule has 0 atom stereocenters. The van der Waals surface area contributed by atoms with Gasteiger partial charge in [-0.3, -0.25) is 9.78 Å². The van der Waals surface area contributed by atoms with Gasteiger partial charge in [0.05, 0.1) is 24.4 Å². The molecule has 3 aromatic rings. The Balaban J connectivity index is 2.03. The van der Waals surface area contributed by atoms with E-state index in [2.05, 4.69) is 15.1 Å². The third-order valence-corrected chi connectivity index (χ3v) is 3.39. The summed E-state index contributed by atoms with van der Waals surface area (Å²) in [5.74, 6) is 0.133. The SMILES string of the molecule is O=c1ccc(-c2ocnc2CO)nn1Cc1ncccc1C(F)(F)F. The van der Waals surface area contributed by atoms with Gasteiger partial charge in [0.1, 0.15) is 11.4 Å². The van der Waals surface area contributed by atoms with Crippen molar-refractivity contribution >= 4 is 0 Å². The first-order chi connectivity index (χ1) is 11.9. The fourth-order valence-electron chi connectivity index (χ4n) is 2.24. The van der Waals surface area contributed by atoms with E-state index in [0.29, 0.717) is 0 Å². The summed E-state index contributed by atoms with van der Waals surface area (Å²) in [6, 6.07) is 4.53. The van der Waals surface area contributed by atoms with Crippen LogP contribution >= 0.6 is 0 Å². The van der Waals surface area contributed by atoms with Crippen LogP contribution in [0.4, 0.5) is 13.2 Å². The lowest BCUT2D eigenvalue weighted by atomic mass is 10.2. The molecule has 10 heteroatoms. The predicted octanol–water partition coefficient (Wildman–Crippen LogP) is 1.85. The monoisotopic (exact) mass is 352 g/mol. The third kappa shape index (κ3) is 3.43. The lowest BCUT2D eigenvalue weighted by molar-refractivity contribution is -0.138. The maximum Gasteiger partial charge on any atom is 0.418 e. The Hall–Kier alpha value is -3.01. The number of hydrogen-bond donors (Lipinski definition) is 1. The van der Waals surface area contributed by atoms with Crippen molar-refractivity contribution in [1.29, 1.82) is 0 Å². The molecule has 0 aliphatic rings. The molecule has 1 N–H and O–H groups in total. The van der Waals surface area contributed by atoms with Crippen LogP contribution in [0, 0.1) is 0 Å². The number of pyridine rings is 1. The van der Waals surface area contributed by atoms with E-state index >= 15 is 0 Å². The van der Waals surface area contributed by atoms with E-state index < -0.39 is 30.5 Å². The molecule has 7 nitrogen and oxygen atoms in total. The van der Waals surface area contributed by atoms with Crippen molar-refractivity contribution in [2.75, 3.05) is 0 Å². The van der Waals surface area contributed by atoms with Gasteiger partial charge in [0.15, 0.2) is 12.2 Å². The zero-order chi connectivity index (χ0) is 18.0. The largest absolute Gasteiger partial charge is 0.441 e. The molecule has 0 aliphatic heterocycles. The molecular weight excluding hydrogens is 341 g/mol. The van der Waals surface area contributed by atoms with Crippen LogP contribution in [0.3, 0.4) is 0 Å². The summed E-state index contributed by atoms with van der Waals surface area (Å²) in [5, 5.41) is 13.2. The molecule has 0 spiro atoms.